The normalized spacial score (nSPS) is 16.2. The van der Waals surface area contributed by atoms with Crippen LogP contribution in [0.15, 0.2) is 12.1 Å². The molecule has 1 aromatic rings. The summed E-state index contributed by atoms with van der Waals surface area (Å²) in [6.45, 7) is 6.74. The molecule has 0 aromatic carbocycles. The average molecular weight is 320 g/mol. The molecule has 126 valence electrons. The molecule has 1 fully saturated rings. The highest BCUT2D eigenvalue weighted by Gasteiger charge is 2.28. The zero-order valence-corrected chi connectivity index (χ0v) is 13.8. The SMILES string of the molecule is CC(C)(C)OC(=O)N1CCC(c2ccc(N)c(C(N)=O)n2)CC1. The van der Waals surface area contributed by atoms with Crippen molar-refractivity contribution in [1.82, 2.24) is 9.88 Å². The van der Waals surface area contributed by atoms with Gasteiger partial charge in [0.25, 0.3) is 5.91 Å². The molecule has 0 unspecified atom stereocenters. The van der Waals surface area contributed by atoms with Gasteiger partial charge in [-0.25, -0.2) is 9.78 Å². The van der Waals surface area contributed by atoms with Crippen molar-refractivity contribution in [3.8, 4) is 0 Å². The Kier molecular flexibility index (Phi) is 4.77. The molecule has 1 saturated heterocycles. The number of primary amides is 1. The lowest BCUT2D eigenvalue weighted by molar-refractivity contribution is 0.0204. The van der Waals surface area contributed by atoms with E-state index < -0.39 is 11.5 Å². The number of rotatable bonds is 2. The predicted octanol–water partition coefficient (Wildman–Crippen LogP) is 1.88. The summed E-state index contributed by atoms with van der Waals surface area (Å²) in [6, 6.07) is 3.47. The smallest absolute Gasteiger partial charge is 0.410 e. The zero-order valence-electron chi connectivity index (χ0n) is 13.8. The first-order valence-corrected chi connectivity index (χ1v) is 7.71. The highest BCUT2D eigenvalue weighted by atomic mass is 16.6. The summed E-state index contributed by atoms with van der Waals surface area (Å²) in [5.74, 6) is -0.456. The fourth-order valence-electron chi connectivity index (χ4n) is 2.59. The number of amides is 2. The first-order valence-electron chi connectivity index (χ1n) is 7.71. The molecule has 0 bridgehead atoms. The standard InChI is InChI=1S/C16H24N4O3/c1-16(2,3)23-15(22)20-8-6-10(7-9-20)12-5-4-11(17)13(19-12)14(18)21/h4-5,10H,6-9,17H2,1-3H3,(H2,18,21). The van der Waals surface area contributed by atoms with Crippen LogP contribution < -0.4 is 11.5 Å². The average Bonchev–Trinajstić information content (AvgIpc) is 2.46. The number of anilines is 1. The summed E-state index contributed by atoms with van der Waals surface area (Å²) in [6.07, 6.45) is 1.22. The van der Waals surface area contributed by atoms with E-state index in [1.165, 1.54) is 0 Å². The maximum Gasteiger partial charge on any atom is 0.410 e. The van der Waals surface area contributed by atoms with Gasteiger partial charge in [-0.05, 0) is 45.7 Å². The number of likely N-dealkylation sites (tertiary alicyclic amines) is 1. The number of nitrogens with two attached hydrogens (primary N) is 2. The summed E-state index contributed by atoms with van der Waals surface area (Å²) in [5.41, 5.74) is 11.7. The molecule has 1 aliphatic rings. The third kappa shape index (κ3) is 4.34. The molecule has 2 rings (SSSR count). The van der Waals surface area contributed by atoms with Crippen molar-refractivity contribution < 1.29 is 14.3 Å². The predicted molar refractivity (Wildman–Crippen MR) is 86.9 cm³/mol. The van der Waals surface area contributed by atoms with Crippen LogP contribution >= 0.6 is 0 Å². The molecule has 7 heteroatoms. The van der Waals surface area contributed by atoms with Gasteiger partial charge in [0.2, 0.25) is 0 Å². The lowest BCUT2D eigenvalue weighted by atomic mass is 9.93. The lowest BCUT2D eigenvalue weighted by Gasteiger charge is -2.33. The van der Waals surface area contributed by atoms with E-state index >= 15 is 0 Å². The topological polar surface area (TPSA) is 112 Å². The van der Waals surface area contributed by atoms with Crippen molar-refractivity contribution in [2.45, 2.75) is 45.1 Å². The van der Waals surface area contributed by atoms with Gasteiger partial charge in [-0.3, -0.25) is 4.79 Å². The molecule has 1 aliphatic heterocycles. The van der Waals surface area contributed by atoms with E-state index in [1.54, 1.807) is 11.0 Å². The van der Waals surface area contributed by atoms with Gasteiger partial charge in [-0.15, -0.1) is 0 Å². The number of nitrogens with zero attached hydrogens (tertiary/aromatic N) is 2. The molecule has 0 atom stereocenters. The quantitative estimate of drug-likeness (QED) is 0.864. The van der Waals surface area contributed by atoms with Gasteiger partial charge < -0.3 is 21.1 Å². The highest BCUT2D eigenvalue weighted by Crippen LogP contribution is 2.28. The van der Waals surface area contributed by atoms with E-state index in [0.717, 1.165) is 18.5 Å². The Morgan fingerprint density at radius 3 is 2.39 bits per heavy atom. The van der Waals surface area contributed by atoms with Gasteiger partial charge in [0.1, 0.15) is 5.60 Å². The van der Waals surface area contributed by atoms with Crippen LogP contribution in [0.1, 0.15) is 55.7 Å². The van der Waals surface area contributed by atoms with E-state index in [2.05, 4.69) is 4.98 Å². The van der Waals surface area contributed by atoms with Gasteiger partial charge in [-0.2, -0.15) is 0 Å². The Labute approximate surface area is 136 Å². The number of carbonyl (C=O) groups is 2. The van der Waals surface area contributed by atoms with Gasteiger partial charge >= 0.3 is 6.09 Å². The Bertz CT molecular complexity index is 602. The van der Waals surface area contributed by atoms with Crippen molar-refractivity contribution in [1.29, 1.82) is 0 Å². The summed E-state index contributed by atoms with van der Waals surface area (Å²) < 4.78 is 5.38. The zero-order chi connectivity index (χ0) is 17.2. The molecular formula is C16H24N4O3. The van der Waals surface area contributed by atoms with Crippen molar-refractivity contribution in [3.63, 3.8) is 0 Å². The van der Waals surface area contributed by atoms with E-state index in [0.29, 0.717) is 13.1 Å². The third-order valence-electron chi connectivity index (χ3n) is 3.75. The van der Waals surface area contributed by atoms with Crippen LogP contribution in [0.5, 0.6) is 0 Å². The number of piperidine rings is 1. The molecule has 2 heterocycles. The minimum absolute atomic E-state index is 0.108. The Hall–Kier alpha value is -2.31. The summed E-state index contributed by atoms with van der Waals surface area (Å²) in [7, 11) is 0. The number of hydrogen-bond donors (Lipinski definition) is 2. The van der Waals surface area contributed by atoms with Crippen LogP contribution in [0, 0.1) is 0 Å². The van der Waals surface area contributed by atoms with Crippen molar-refractivity contribution in [3.05, 3.63) is 23.5 Å². The van der Waals surface area contributed by atoms with Crippen LogP contribution in [0.2, 0.25) is 0 Å². The Morgan fingerprint density at radius 2 is 1.87 bits per heavy atom. The fraction of sp³-hybridized carbons (Fsp3) is 0.562. The Balaban J connectivity index is 2.01. The number of pyridine rings is 1. The van der Waals surface area contributed by atoms with E-state index in [1.807, 2.05) is 26.8 Å². The second kappa shape index (κ2) is 6.44. The van der Waals surface area contributed by atoms with Crippen LogP contribution in [0.25, 0.3) is 0 Å². The van der Waals surface area contributed by atoms with E-state index in [9.17, 15) is 9.59 Å². The molecular weight excluding hydrogens is 296 g/mol. The first-order chi connectivity index (χ1) is 10.7. The molecule has 1 aromatic heterocycles. The molecule has 2 amide bonds. The third-order valence-corrected chi connectivity index (χ3v) is 3.75. The van der Waals surface area contributed by atoms with Crippen molar-refractivity contribution in [2.75, 3.05) is 18.8 Å². The number of ether oxygens (including phenoxy) is 1. The molecule has 4 N–H and O–H groups in total. The molecule has 0 saturated carbocycles. The van der Waals surface area contributed by atoms with Crippen LogP contribution in [0.4, 0.5) is 10.5 Å². The molecule has 0 aliphatic carbocycles. The number of hydrogen-bond acceptors (Lipinski definition) is 5. The van der Waals surface area contributed by atoms with Gasteiger partial charge in [0.05, 0.1) is 5.69 Å². The summed E-state index contributed by atoms with van der Waals surface area (Å²) in [5, 5.41) is 0. The molecule has 0 spiro atoms. The van der Waals surface area contributed by atoms with Crippen molar-refractivity contribution in [2.24, 2.45) is 5.73 Å². The minimum atomic E-state index is -0.629. The molecule has 7 nitrogen and oxygen atoms in total. The lowest BCUT2D eigenvalue weighted by Crippen LogP contribution is -2.41. The van der Waals surface area contributed by atoms with Gasteiger partial charge in [0, 0.05) is 24.7 Å². The van der Waals surface area contributed by atoms with Crippen LogP contribution in [0.3, 0.4) is 0 Å². The minimum Gasteiger partial charge on any atom is -0.444 e. The van der Waals surface area contributed by atoms with E-state index in [4.69, 9.17) is 16.2 Å². The van der Waals surface area contributed by atoms with E-state index in [-0.39, 0.29) is 23.4 Å². The second-order valence-corrected chi connectivity index (χ2v) is 6.78. The maximum absolute atomic E-state index is 12.1. The molecule has 23 heavy (non-hydrogen) atoms. The number of nitrogen functional groups attached to an aromatic ring is 1. The number of aromatic nitrogens is 1. The summed E-state index contributed by atoms with van der Waals surface area (Å²) in [4.78, 5) is 29.4. The second-order valence-electron chi connectivity index (χ2n) is 6.78. The maximum atomic E-state index is 12.1. The number of carbonyl (C=O) groups excluding carboxylic acids is 2. The van der Waals surface area contributed by atoms with Crippen LogP contribution in [-0.4, -0.2) is 40.6 Å². The van der Waals surface area contributed by atoms with Gasteiger partial charge in [-0.1, -0.05) is 0 Å². The highest BCUT2D eigenvalue weighted by molar-refractivity contribution is 5.95. The fourth-order valence-corrected chi connectivity index (χ4v) is 2.59. The summed E-state index contributed by atoms with van der Waals surface area (Å²) >= 11 is 0. The Morgan fingerprint density at radius 1 is 1.26 bits per heavy atom. The first kappa shape index (κ1) is 17.1. The van der Waals surface area contributed by atoms with Crippen LogP contribution in [-0.2, 0) is 4.74 Å². The molecule has 0 radical (unpaired) electrons. The van der Waals surface area contributed by atoms with Crippen molar-refractivity contribution >= 4 is 17.7 Å². The largest absolute Gasteiger partial charge is 0.444 e. The monoisotopic (exact) mass is 320 g/mol. The van der Waals surface area contributed by atoms with Gasteiger partial charge in [0.15, 0.2) is 5.69 Å².